The van der Waals surface area contributed by atoms with Crippen LogP contribution in [0.4, 0.5) is 5.69 Å². The molecule has 1 aliphatic rings. The van der Waals surface area contributed by atoms with Gasteiger partial charge >= 0.3 is 0 Å². The number of carbonyl (C=O) groups is 2. The molecule has 1 aliphatic heterocycles. The van der Waals surface area contributed by atoms with Gasteiger partial charge in [0.2, 0.25) is 5.91 Å². The van der Waals surface area contributed by atoms with E-state index in [1.165, 1.54) is 5.69 Å². The van der Waals surface area contributed by atoms with Crippen LogP contribution in [-0.2, 0) is 9.59 Å². The van der Waals surface area contributed by atoms with Crippen molar-refractivity contribution in [2.24, 2.45) is 0 Å². The number of anilines is 1. The molecule has 0 radical (unpaired) electrons. The number of hydrogen-bond acceptors (Lipinski definition) is 5. The number of benzene rings is 3. The van der Waals surface area contributed by atoms with E-state index in [0.29, 0.717) is 18.7 Å². The van der Waals surface area contributed by atoms with Gasteiger partial charge in [0.15, 0.2) is 6.61 Å². The monoisotopic (exact) mass is 432 g/mol. The van der Waals surface area contributed by atoms with Crippen LogP contribution in [0.1, 0.15) is 6.42 Å². The molecule has 7 nitrogen and oxygen atoms in total. The number of amides is 2. The molecule has 2 amide bonds. The summed E-state index contributed by atoms with van der Waals surface area (Å²) in [5.41, 5.74) is 6.12. The quantitative estimate of drug-likeness (QED) is 0.562. The highest BCUT2D eigenvalue weighted by atomic mass is 16.5. The van der Waals surface area contributed by atoms with Gasteiger partial charge in [0.25, 0.3) is 5.91 Å². The molecule has 3 aromatic rings. The highest BCUT2D eigenvalue weighted by molar-refractivity contribution is 5.84. The Kier molecular flexibility index (Phi) is 7.19. The summed E-state index contributed by atoms with van der Waals surface area (Å²) in [6.45, 7) is 4.20. The molecule has 0 atom stereocenters. The zero-order valence-corrected chi connectivity index (χ0v) is 18.0. The number of hydrazine groups is 1. The summed E-state index contributed by atoms with van der Waals surface area (Å²) in [5.74, 6) is -0.00245. The molecule has 4 rings (SSSR count). The summed E-state index contributed by atoms with van der Waals surface area (Å²) < 4.78 is 5.53. The summed E-state index contributed by atoms with van der Waals surface area (Å²) in [4.78, 5) is 28.7. The van der Waals surface area contributed by atoms with Crippen LogP contribution in [0.2, 0.25) is 0 Å². The van der Waals surface area contributed by atoms with Crippen LogP contribution in [0.15, 0.2) is 72.8 Å². The summed E-state index contributed by atoms with van der Waals surface area (Å²) in [6, 6.07) is 24.0. The largest absolute Gasteiger partial charge is 0.484 e. The molecule has 7 heteroatoms. The Morgan fingerprint density at radius 1 is 0.781 bits per heavy atom. The van der Waals surface area contributed by atoms with Crippen LogP contribution in [0, 0.1) is 0 Å². The smallest absolute Gasteiger partial charge is 0.276 e. The van der Waals surface area contributed by atoms with E-state index in [1.54, 1.807) is 0 Å². The molecule has 0 spiro atoms. The molecular weight excluding hydrogens is 404 g/mol. The van der Waals surface area contributed by atoms with Crippen molar-refractivity contribution in [2.45, 2.75) is 6.42 Å². The molecule has 0 unspecified atom stereocenters. The normalized spacial score (nSPS) is 14.2. The maximum Gasteiger partial charge on any atom is 0.276 e. The maximum atomic E-state index is 12.1. The van der Waals surface area contributed by atoms with Gasteiger partial charge in [-0.05, 0) is 35.0 Å². The molecule has 0 bridgehead atoms. The van der Waals surface area contributed by atoms with Gasteiger partial charge in [-0.1, -0.05) is 48.5 Å². The van der Waals surface area contributed by atoms with Gasteiger partial charge in [-0.3, -0.25) is 25.3 Å². The first-order valence-electron chi connectivity index (χ1n) is 10.9. The molecule has 1 heterocycles. The molecule has 166 valence electrons. The summed E-state index contributed by atoms with van der Waals surface area (Å²) >= 11 is 0. The summed E-state index contributed by atoms with van der Waals surface area (Å²) in [6.07, 6.45) is 0.331. The average Bonchev–Trinajstić information content (AvgIpc) is 2.85. The van der Waals surface area contributed by atoms with Crippen LogP contribution in [0.5, 0.6) is 5.75 Å². The zero-order valence-electron chi connectivity index (χ0n) is 18.0. The van der Waals surface area contributed by atoms with Crippen molar-refractivity contribution in [1.82, 2.24) is 15.8 Å². The van der Waals surface area contributed by atoms with Gasteiger partial charge in [0, 0.05) is 44.8 Å². The van der Waals surface area contributed by atoms with Crippen molar-refractivity contribution >= 4 is 28.3 Å². The van der Waals surface area contributed by atoms with E-state index >= 15 is 0 Å². The molecule has 0 saturated carbocycles. The third-order valence-corrected chi connectivity index (χ3v) is 5.58. The molecule has 1 fully saturated rings. The van der Waals surface area contributed by atoms with Crippen molar-refractivity contribution in [2.75, 3.05) is 44.2 Å². The number of fused-ring (bicyclic) bond motifs is 1. The minimum absolute atomic E-state index is 0.167. The molecule has 3 aromatic carbocycles. The minimum Gasteiger partial charge on any atom is -0.484 e. The van der Waals surface area contributed by atoms with Gasteiger partial charge in [-0.25, -0.2) is 0 Å². The van der Waals surface area contributed by atoms with Crippen LogP contribution >= 0.6 is 0 Å². The van der Waals surface area contributed by atoms with Crippen molar-refractivity contribution in [3.63, 3.8) is 0 Å². The second kappa shape index (κ2) is 10.6. The predicted molar refractivity (Wildman–Crippen MR) is 125 cm³/mol. The topological polar surface area (TPSA) is 73.9 Å². The van der Waals surface area contributed by atoms with Gasteiger partial charge in [-0.15, -0.1) is 0 Å². The van der Waals surface area contributed by atoms with Gasteiger partial charge in [0.1, 0.15) is 5.75 Å². The lowest BCUT2D eigenvalue weighted by Crippen LogP contribution is -2.48. The van der Waals surface area contributed by atoms with Crippen molar-refractivity contribution in [3.8, 4) is 5.75 Å². The highest BCUT2D eigenvalue weighted by Crippen LogP contribution is 2.20. The van der Waals surface area contributed by atoms with E-state index in [4.69, 9.17) is 4.74 Å². The van der Waals surface area contributed by atoms with E-state index in [9.17, 15) is 9.59 Å². The number of rotatable bonds is 7. The summed E-state index contributed by atoms with van der Waals surface area (Å²) in [5, 5.41) is 2.15. The Morgan fingerprint density at radius 3 is 2.25 bits per heavy atom. The third kappa shape index (κ3) is 5.98. The lowest BCUT2D eigenvalue weighted by atomic mass is 10.1. The zero-order chi connectivity index (χ0) is 22.2. The van der Waals surface area contributed by atoms with E-state index in [2.05, 4.69) is 32.8 Å². The maximum absolute atomic E-state index is 12.1. The first-order valence-corrected chi connectivity index (χ1v) is 10.9. The van der Waals surface area contributed by atoms with E-state index in [0.717, 1.165) is 37.0 Å². The molecular formula is C25H28N4O3. The second-order valence-electron chi connectivity index (χ2n) is 7.81. The van der Waals surface area contributed by atoms with Crippen molar-refractivity contribution < 1.29 is 14.3 Å². The van der Waals surface area contributed by atoms with Gasteiger partial charge in [0.05, 0.1) is 0 Å². The standard InChI is InChI=1S/C25H28N4O3/c30-24(12-13-28-14-16-29(17-15-28)22-8-2-1-3-9-22)26-27-25(31)19-32-23-11-10-20-6-4-5-7-21(20)18-23/h1-11,18H,12-17,19H2,(H,26,30)(H,27,31). The Labute approximate surface area is 187 Å². The summed E-state index contributed by atoms with van der Waals surface area (Å²) in [7, 11) is 0. The fraction of sp³-hybridized carbons (Fsp3) is 0.280. The second-order valence-corrected chi connectivity index (χ2v) is 7.81. The number of hydrogen-bond donors (Lipinski definition) is 2. The number of piperazine rings is 1. The van der Waals surface area contributed by atoms with Crippen LogP contribution < -0.4 is 20.5 Å². The van der Waals surface area contributed by atoms with E-state index in [1.807, 2.05) is 60.7 Å². The fourth-order valence-corrected chi connectivity index (χ4v) is 3.77. The number of ether oxygens (including phenoxy) is 1. The van der Waals surface area contributed by atoms with Gasteiger partial charge < -0.3 is 9.64 Å². The number of nitrogens with zero attached hydrogens (tertiary/aromatic N) is 2. The Balaban J connectivity index is 1.12. The highest BCUT2D eigenvalue weighted by Gasteiger charge is 2.17. The Hall–Kier alpha value is -3.58. The molecule has 2 N–H and O–H groups in total. The van der Waals surface area contributed by atoms with E-state index < -0.39 is 5.91 Å². The number of carbonyl (C=O) groups excluding carboxylic acids is 2. The molecule has 1 saturated heterocycles. The lowest BCUT2D eigenvalue weighted by Gasteiger charge is -2.36. The average molecular weight is 433 g/mol. The molecule has 0 aromatic heterocycles. The lowest BCUT2D eigenvalue weighted by molar-refractivity contribution is -0.130. The molecule has 0 aliphatic carbocycles. The van der Waals surface area contributed by atoms with E-state index in [-0.39, 0.29) is 12.5 Å². The van der Waals surface area contributed by atoms with Crippen LogP contribution in [0.25, 0.3) is 10.8 Å². The van der Waals surface area contributed by atoms with Crippen molar-refractivity contribution in [1.29, 1.82) is 0 Å². The van der Waals surface area contributed by atoms with Crippen molar-refractivity contribution in [3.05, 3.63) is 72.8 Å². The number of nitrogens with one attached hydrogen (secondary N) is 2. The first-order chi connectivity index (χ1) is 15.7. The predicted octanol–water partition coefficient (Wildman–Crippen LogP) is 2.58. The Morgan fingerprint density at radius 2 is 1.47 bits per heavy atom. The first kappa shape index (κ1) is 21.6. The van der Waals surface area contributed by atoms with Crippen LogP contribution in [0.3, 0.4) is 0 Å². The van der Waals surface area contributed by atoms with Crippen LogP contribution in [-0.4, -0.2) is 56.0 Å². The fourth-order valence-electron chi connectivity index (χ4n) is 3.77. The third-order valence-electron chi connectivity index (χ3n) is 5.58. The Bertz CT molecular complexity index is 1050. The molecule has 32 heavy (non-hydrogen) atoms. The van der Waals surface area contributed by atoms with Gasteiger partial charge in [-0.2, -0.15) is 0 Å². The SMILES string of the molecule is O=C(CCN1CCN(c2ccccc2)CC1)NNC(=O)COc1ccc2ccccc2c1. The minimum atomic E-state index is -0.400. The number of para-hydroxylation sites is 1.